The molecule has 1 heterocycles. The molecule has 1 fully saturated rings. The van der Waals surface area contributed by atoms with E-state index in [-0.39, 0.29) is 17.9 Å². The highest BCUT2D eigenvalue weighted by atomic mass is 16.4. The molecule has 17 heavy (non-hydrogen) atoms. The molecular weight excluding hydrogens is 220 g/mol. The maximum absolute atomic E-state index is 12.2. The average molecular weight is 240 g/mol. The molecule has 5 heteroatoms. The predicted molar refractivity (Wildman–Crippen MR) is 64.6 cm³/mol. The van der Waals surface area contributed by atoms with Gasteiger partial charge in [0.2, 0.25) is 5.91 Å². The molecular formula is C12H20N2O3. The largest absolute Gasteiger partial charge is 0.481 e. The van der Waals surface area contributed by atoms with Gasteiger partial charge in [0.15, 0.2) is 0 Å². The lowest BCUT2D eigenvalue weighted by Crippen LogP contribution is -2.51. The van der Waals surface area contributed by atoms with Crippen LogP contribution in [0.2, 0.25) is 0 Å². The topological polar surface area (TPSA) is 69.6 Å². The number of carboxylic acid groups (broad SMARTS) is 1. The zero-order valence-corrected chi connectivity index (χ0v) is 10.4. The minimum atomic E-state index is -0.964. The number of carboxylic acids is 1. The highest BCUT2D eigenvalue weighted by molar-refractivity contribution is 5.87. The van der Waals surface area contributed by atoms with Crippen LogP contribution in [-0.4, -0.2) is 46.6 Å². The lowest BCUT2D eigenvalue weighted by atomic mass is 9.98. The summed E-state index contributed by atoms with van der Waals surface area (Å²) in [6.07, 6.45) is 2.29. The number of hydrogen-bond acceptors (Lipinski definition) is 3. The van der Waals surface area contributed by atoms with Crippen molar-refractivity contribution in [1.29, 1.82) is 0 Å². The number of nitrogens with one attached hydrogen (secondary N) is 1. The van der Waals surface area contributed by atoms with Crippen LogP contribution in [0.25, 0.3) is 0 Å². The molecule has 1 unspecified atom stereocenters. The second kappa shape index (κ2) is 5.31. The monoisotopic (exact) mass is 240 g/mol. The molecule has 1 aliphatic rings. The zero-order chi connectivity index (χ0) is 13.1. The third kappa shape index (κ3) is 3.30. The summed E-state index contributed by atoms with van der Waals surface area (Å²) >= 11 is 0. The first-order valence-corrected chi connectivity index (χ1v) is 5.76. The van der Waals surface area contributed by atoms with Crippen molar-refractivity contribution in [1.82, 2.24) is 10.2 Å². The van der Waals surface area contributed by atoms with Crippen LogP contribution in [0.1, 0.15) is 26.7 Å². The van der Waals surface area contributed by atoms with Crippen LogP contribution in [0.15, 0.2) is 12.7 Å². The Morgan fingerprint density at radius 1 is 1.71 bits per heavy atom. The maximum Gasteiger partial charge on any atom is 0.305 e. The van der Waals surface area contributed by atoms with Gasteiger partial charge in [0.05, 0.1) is 12.5 Å². The van der Waals surface area contributed by atoms with Crippen LogP contribution in [0.3, 0.4) is 0 Å². The Hall–Kier alpha value is -1.36. The second-order valence-corrected chi connectivity index (χ2v) is 4.90. The van der Waals surface area contributed by atoms with Crippen molar-refractivity contribution in [2.24, 2.45) is 0 Å². The van der Waals surface area contributed by atoms with E-state index in [0.29, 0.717) is 13.1 Å². The summed E-state index contributed by atoms with van der Waals surface area (Å²) in [5, 5.41) is 11.8. The highest BCUT2D eigenvalue weighted by Gasteiger charge is 2.37. The van der Waals surface area contributed by atoms with E-state index in [9.17, 15) is 9.59 Å². The molecule has 1 aliphatic heterocycles. The van der Waals surface area contributed by atoms with Crippen molar-refractivity contribution in [2.75, 3.05) is 13.1 Å². The number of carbonyl (C=O) groups excluding carboxylic acids is 1. The smallest absolute Gasteiger partial charge is 0.305 e. The molecule has 1 rings (SSSR count). The van der Waals surface area contributed by atoms with Crippen molar-refractivity contribution in [2.45, 2.75) is 38.3 Å². The molecule has 5 nitrogen and oxygen atoms in total. The Kier molecular flexibility index (Phi) is 4.28. The molecule has 1 atom stereocenters. The molecule has 0 radical (unpaired) electrons. The Morgan fingerprint density at radius 3 is 2.88 bits per heavy atom. The molecule has 0 aromatic heterocycles. The van der Waals surface area contributed by atoms with Gasteiger partial charge in [-0.3, -0.25) is 9.59 Å². The van der Waals surface area contributed by atoms with Gasteiger partial charge in [-0.2, -0.15) is 0 Å². The Morgan fingerprint density at radius 2 is 2.35 bits per heavy atom. The number of aliphatic carboxylic acids is 1. The summed E-state index contributed by atoms with van der Waals surface area (Å²) in [6.45, 7) is 8.70. The molecule has 0 aromatic rings. The molecule has 0 spiro atoms. The fourth-order valence-corrected chi connectivity index (χ4v) is 2.06. The predicted octanol–water partition coefficient (Wildman–Crippen LogP) is 0.616. The summed E-state index contributed by atoms with van der Waals surface area (Å²) < 4.78 is 0. The summed E-state index contributed by atoms with van der Waals surface area (Å²) in [5.74, 6) is -1.12. The Balaban J connectivity index is 2.90. The maximum atomic E-state index is 12.2. The zero-order valence-electron chi connectivity index (χ0n) is 10.4. The Bertz CT molecular complexity index is 326. The lowest BCUT2D eigenvalue weighted by molar-refractivity contribution is -0.144. The van der Waals surface area contributed by atoms with Crippen LogP contribution in [0.4, 0.5) is 0 Å². The molecule has 1 saturated heterocycles. The van der Waals surface area contributed by atoms with E-state index in [1.54, 1.807) is 11.0 Å². The summed E-state index contributed by atoms with van der Waals surface area (Å²) in [5.41, 5.74) is -0.272. The van der Waals surface area contributed by atoms with Crippen LogP contribution in [0, 0.1) is 0 Å². The lowest BCUT2D eigenvalue weighted by Gasteiger charge is -2.37. The van der Waals surface area contributed by atoms with Gasteiger partial charge >= 0.3 is 5.97 Å². The van der Waals surface area contributed by atoms with Crippen LogP contribution >= 0.6 is 0 Å². The number of hydrogen-bond donors (Lipinski definition) is 2. The highest BCUT2D eigenvalue weighted by Crippen LogP contribution is 2.22. The van der Waals surface area contributed by atoms with Gasteiger partial charge in [0.25, 0.3) is 0 Å². The number of nitrogens with zero attached hydrogens (tertiary/aromatic N) is 1. The fraction of sp³-hybridized carbons (Fsp3) is 0.667. The number of carbonyl (C=O) groups is 2. The van der Waals surface area contributed by atoms with Crippen molar-refractivity contribution in [3.63, 3.8) is 0 Å². The van der Waals surface area contributed by atoms with Gasteiger partial charge in [-0.25, -0.2) is 0 Å². The molecule has 2 N–H and O–H groups in total. The van der Waals surface area contributed by atoms with Gasteiger partial charge in [-0.05, 0) is 26.8 Å². The van der Waals surface area contributed by atoms with Gasteiger partial charge in [-0.15, -0.1) is 6.58 Å². The van der Waals surface area contributed by atoms with E-state index in [0.717, 1.165) is 6.42 Å². The van der Waals surface area contributed by atoms with E-state index in [1.165, 1.54) is 0 Å². The van der Waals surface area contributed by atoms with Crippen molar-refractivity contribution < 1.29 is 14.7 Å². The minimum absolute atomic E-state index is 0.158. The standard InChI is InChI=1S/C12H20N2O3/c1-4-7-14-11(17)9(8-10(15)16)13-6-5-12(14,2)3/h4,9,13H,1,5-8H2,2-3H3,(H,15,16). The fourth-order valence-electron chi connectivity index (χ4n) is 2.06. The van der Waals surface area contributed by atoms with E-state index in [1.807, 2.05) is 13.8 Å². The van der Waals surface area contributed by atoms with Gasteiger partial charge < -0.3 is 15.3 Å². The first kappa shape index (κ1) is 13.7. The van der Waals surface area contributed by atoms with Crippen molar-refractivity contribution in [3.05, 3.63) is 12.7 Å². The molecule has 1 amide bonds. The van der Waals surface area contributed by atoms with E-state index >= 15 is 0 Å². The van der Waals surface area contributed by atoms with Gasteiger partial charge in [0, 0.05) is 12.1 Å². The first-order valence-electron chi connectivity index (χ1n) is 5.76. The van der Waals surface area contributed by atoms with E-state index < -0.39 is 12.0 Å². The molecule has 0 aliphatic carbocycles. The summed E-state index contributed by atoms with van der Waals surface area (Å²) in [7, 11) is 0. The van der Waals surface area contributed by atoms with Crippen molar-refractivity contribution >= 4 is 11.9 Å². The quantitative estimate of drug-likeness (QED) is 0.707. The van der Waals surface area contributed by atoms with Crippen LogP contribution < -0.4 is 5.32 Å². The van der Waals surface area contributed by atoms with Gasteiger partial charge in [0.1, 0.15) is 0 Å². The SMILES string of the molecule is C=CCN1C(=O)C(CC(=O)O)NCCC1(C)C. The molecule has 0 saturated carbocycles. The van der Waals surface area contributed by atoms with Crippen molar-refractivity contribution in [3.8, 4) is 0 Å². The minimum Gasteiger partial charge on any atom is -0.481 e. The summed E-state index contributed by atoms with van der Waals surface area (Å²) in [4.78, 5) is 24.7. The molecule has 0 bridgehead atoms. The summed E-state index contributed by atoms with van der Waals surface area (Å²) in [6, 6.07) is -0.630. The van der Waals surface area contributed by atoms with Gasteiger partial charge in [-0.1, -0.05) is 6.08 Å². The second-order valence-electron chi connectivity index (χ2n) is 4.90. The third-order valence-corrected chi connectivity index (χ3v) is 3.11. The third-order valence-electron chi connectivity index (χ3n) is 3.11. The van der Waals surface area contributed by atoms with E-state index in [4.69, 9.17) is 5.11 Å². The molecule has 96 valence electrons. The van der Waals surface area contributed by atoms with Crippen LogP contribution in [0.5, 0.6) is 0 Å². The number of rotatable bonds is 4. The van der Waals surface area contributed by atoms with Crippen LogP contribution in [-0.2, 0) is 9.59 Å². The Labute approximate surface area is 101 Å². The van der Waals surface area contributed by atoms with E-state index in [2.05, 4.69) is 11.9 Å². The average Bonchev–Trinajstić information content (AvgIpc) is 2.30. The normalized spacial score (nSPS) is 24.2. The number of amides is 1. The molecule has 0 aromatic carbocycles. The first-order chi connectivity index (χ1) is 7.88.